The third-order valence-electron chi connectivity index (χ3n) is 4.88. The van der Waals surface area contributed by atoms with Crippen LogP contribution in [0.4, 0.5) is 4.39 Å². The normalized spacial score (nSPS) is 16.4. The van der Waals surface area contributed by atoms with E-state index in [4.69, 9.17) is 11.6 Å². The molecule has 1 heterocycles. The van der Waals surface area contributed by atoms with E-state index in [9.17, 15) is 14.0 Å². The van der Waals surface area contributed by atoms with E-state index in [2.05, 4.69) is 11.9 Å². The Labute approximate surface area is 153 Å². The van der Waals surface area contributed by atoms with Gasteiger partial charge in [0, 0.05) is 36.1 Å². The minimum absolute atomic E-state index is 0.0408. The quantitative estimate of drug-likeness (QED) is 0.786. The molecular weight excluding hydrogens is 343 g/mol. The number of amides is 2. The summed E-state index contributed by atoms with van der Waals surface area (Å²) >= 11 is 5.99. The highest BCUT2D eigenvalue weighted by atomic mass is 35.5. The zero-order chi connectivity index (χ0) is 18.4. The number of carbonyl (C=O) groups is 2. The van der Waals surface area contributed by atoms with Crippen molar-refractivity contribution in [3.63, 3.8) is 0 Å². The highest BCUT2D eigenvalue weighted by Gasteiger charge is 2.29. The van der Waals surface area contributed by atoms with Crippen LogP contribution in [0.15, 0.2) is 30.9 Å². The second-order valence-electron chi connectivity index (χ2n) is 6.40. The summed E-state index contributed by atoms with van der Waals surface area (Å²) in [6.07, 6.45) is 3.28. The van der Waals surface area contributed by atoms with Gasteiger partial charge in [0.15, 0.2) is 0 Å². The molecule has 0 aliphatic carbocycles. The third kappa shape index (κ3) is 5.05. The number of benzene rings is 1. The van der Waals surface area contributed by atoms with Gasteiger partial charge in [-0.25, -0.2) is 4.39 Å². The predicted molar refractivity (Wildman–Crippen MR) is 96.8 cm³/mol. The van der Waals surface area contributed by atoms with Crippen LogP contribution in [-0.2, 0) is 16.0 Å². The van der Waals surface area contributed by atoms with E-state index in [-0.39, 0.29) is 29.5 Å². The number of carbonyl (C=O) groups excluding carboxylic acids is 2. The van der Waals surface area contributed by atoms with Gasteiger partial charge in [-0.3, -0.25) is 9.59 Å². The van der Waals surface area contributed by atoms with Crippen molar-refractivity contribution in [3.8, 4) is 0 Å². The molecule has 4 nitrogen and oxygen atoms in total. The van der Waals surface area contributed by atoms with E-state index in [1.54, 1.807) is 17.0 Å². The largest absolute Gasteiger partial charge is 0.356 e. The molecule has 0 saturated carbocycles. The van der Waals surface area contributed by atoms with Crippen LogP contribution in [0.3, 0.4) is 0 Å². The molecule has 1 unspecified atom stereocenters. The Morgan fingerprint density at radius 1 is 1.44 bits per heavy atom. The lowest BCUT2D eigenvalue weighted by Crippen LogP contribution is -2.42. The van der Waals surface area contributed by atoms with Crippen molar-refractivity contribution < 1.29 is 14.0 Å². The summed E-state index contributed by atoms with van der Waals surface area (Å²) in [4.78, 5) is 25.7. The van der Waals surface area contributed by atoms with Crippen molar-refractivity contribution in [3.05, 3.63) is 47.3 Å². The van der Waals surface area contributed by atoms with Crippen molar-refractivity contribution in [2.24, 2.45) is 11.8 Å². The molecular formula is C19H24ClFN2O2. The van der Waals surface area contributed by atoms with Gasteiger partial charge in [0.2, 0.25) is 11.8 Å². The number of rotatable bonds is 6. The number of halogens is 2. The maximum Gasteiger partial charge on any atom is 0.245 e. The average molecular weight is 367 g/mol. The monoisotopic (exact) mass is 366 g/mol. The molecule has 1 aromatic carbocycles. The maximum absolute atomic E-state index is 13.7. The fourth-order valence-electron chi connectivity index (χ4n) is 3.21. The zero-order valence-corrected chi connectivity index (χ0v) is 15.2. The van der Waals surface area contributed by atoms with Gasteiger partial charge >= 0.3 is 0 Å². The minimum Gasteiger partial charge on any atom is -0.356 e. The van der Waals surface area contributed by atoms with E-state index in [1.807, 2.05) is 6.92 Å². The Balaban J connectivity index is 1.79. The van der Waals surface area contributed by atoms with Crippen LogP contribution in [0.5, 0.6) is 0 Å². The first-order valence-corrected chi connectivity index (χ1v) is 8.93. The molecule has 0 radical (unpaired) electrons. The van der Waals surface area contributed by atoms with Crippen LogP contribution in [0, 0.1) is 17.7 Å². The molecule has 0 spiro atoms. The lowest BCUT2D eigenvalue weighted by atomic mass is 9.85. The van der Waals surface area contributed by atoms with Crippen LogP contribution < -0.4 is 5.32 Å². The predicted octanol–water partition coefficient (Wildman–Crippen LogP) is 3.20. The van der Waals surface area contributed by atoms with Crippen molar-refractivity contribution in [1.82, 2.24) is 10.2 Å². The lowest BCUT2D eigenvalue weighted by Gasteiger charge is -2.33. The number of nitrogens with zero attached hydrogens (tertiary/aromatic N) is 1. The summed E-state index contributed by atoms with van der Waals surface area (Å²) in [6.45, 7) is 7.05. The van der Waals surface area contributed by atoms with Gasteiger partial charge in [0.05, 0.1) is 0 Å². The van der Waals surface area contributed by atoms with Crippen LogP contribution >= 0.6 is 11.6 Å². The highest BCUT2D eigenvalue weighted by molar-refractivity contribution is 6.31. The van der Waals surface area contributed by atoms with Crippen molar-refractivity contribution in [2.45, 2.75) is 26.2 Å². The van der Waals surface area contributed by atoms with Gasteiger partial charge in [-0.05, 0) is 43.4 Å². The third-order valence-corrected chi connectivity index (χ3v) is 5.24. The van der Waals surface area contributed by atoms with E-state index in [0.29, 0.717) is 36.6 Å². The molecule has 1 fully saturated rings. The summed E-state index contributed by atoms with van der Waals surface area (Å²) in [5.41, 5.74) is 0.424. The average Bonchev–Trinajstić information content (AvgIpc) is 2.62. The summed E-state index contributed by atoms with van der Waals surface area (Å²) < 4.78 is 13.7. The first kappa shape index (κ1) is 19.4. The van der Waals surface area contributed by atoms with Crippen LogP contribution in [0.2, 0.25) is 5.02 Å². The first-order valence-electron chi connectivity index (χ1n) is 8.56. The van der Waals surface area contributed by atoms with Gasteiger partial charge in [0.1, 0.15) is 5.82 Å². The molecule has 1 saturated heterocycles. The summed E-state index contributed by atoms with van der Waals surface area (Å²) in [6, 6.07) is 4.57. The molecule has 6 heteroatoms. The van der Waals surface area contributed by atoms with E-state index < -0.39 is 0 Å². The Bertz CT molecular complexity index is 622. The molecule has 2 amide bonds. The molecule has 0 aromatic heterocycles. The van der Waals surface area contributed by atoms with Crippen molar-refractivity contribution in [1.29, 1.82) is 0 Å². The molecule has 136 valence electrons. The molecule has 2 rings (SSSR count). The molecule has 25 heavy (non-hydrogen) atoms. The molecule has 1 aromatic rings. The number of hydrogen-bond donors (Lipinski definition) is 1. The van der Waals surface area contributed by atoms with Crippen LogP contribution in [-0.4, -0.2) is 36.3 Å². The highest BCUT2D eigenvalue weighted by Crippen LogP contribution is 2.25. The van der Waals surface area contributed by atoms with E-state index >= 15 is 0 Å². The minimum atomic E-state index is -0.353. The smallest absolute Gasteiger partial charge is 0.245 e. The molecule has 1 atom stereocenters. The summed E-state index contributed by atoms with van der Waals surface area (Å²) in [7, 11) is 0. The first-order chi connectivity index (χ1) is 11.9. The lowest BCUT2D eigenvalue weighted by molar-refractivity contribution is -0.129. The molecule has 1 aliphatic heterocycles. The standard InChI is InChI=1S/C19H24ClFN2O2/c1-3-18(24)23-11-8-14(9-12-23)13(2)19(25)22-10-7-15-16(20)5-4-6-17(15)21/h3-6,13-14H,1,7-12H2,2H3,(H,22,25). The van der Waals surface area contributed by atoms with Crippen molar-refractivity contribution in [2.75, 3.05) is 19.6 Å². The SMILES string of the molecule is C=CC(=O)N1CCC(C(C)C(=O)NCCc2c(F)cccc2Cl)CC1. The fourth-order valence-corrected chi connectivity index (χ4v) is 3.46. The van der Waals surface area contributed by atoms with Gasteiger partial charge < -0.3 is 10.2 Å². The molecule has 0 bridgehead atoms. The van der Waals surface area contributed by atoms with Gasteiger partial charge in [-0.1, -0.05) is 31.2 Å². The second-order valence-corrected chi connectivity index (χ2v) is 6.80. The topological polar surface area (TPSA) is 49.4 Å². The molecule has 1 N–H and O–H groups in total. The number of likely N-dealkylation sites (tertiary alicyclic amines) is 1. The Morgan fingerprint density at radius 2 is 2.12 bits per heavy atom. The van der Waals surface area contributed by atoms with Gasteiger partial charge in [-0.2, -0.15) is 0 Å². The Morgan fingerprint density at radius 3 is 2.72 bits per heavy atom. The van der Waals surface area contributed by atoms with Gasteiger partial charge in [0.25, 0.3) is 0 Å². The van der Waals surface area contributed by atoms with E-state index in [0.717, 1.165) is 12.8 Å². The van der Waals surface area contributed by atoms with E-state index in [1.165, 1.54) is 12.1 Å². The zero-order valence-electron chi connectivity index (χ0n) is 14.4. The fraction of sp³-hybridized carbons (Fsp3) is 0.474. The number of nitrogens with one attached hydrogen (secondary N) is 1. The number of hydrogen-bond acceptors (Lipinski definition) is 2. The van der Waals surface area contributed by atoms with Gasteiger partial charge in [-0.15, -0.1) is 0 Å². The van der Waals surface area contributed by atoms with Crippen molar-refractivity contribution >= 4 is 23.4 Å². The molecule has 1 aliphatic rings. The number of piperidine rings is 1. The van der Waals surface area contributed by atoms with Crippen LogP contribution in [0.1, 0.15) is 25.3 Å². The Kier molecular flexibility index (Phi) is 7.00. The Hall–Kier alpha value is -1.88. The maximum atomic E-state index is 13.7. The van der Waals surface area contributed by atoms with Crippen LogP contribution in [0.25, 0.3) is 0 Å². The summed E-state index contributed by atoms with van der Waals surface area (Å²) in [5, 5.41) is 3.24. The second kappa shape index (κ2) is 8.99. The summed E-state index contributed by atoms with van der Waals surface area (Å²) in [5.74, 6) is -0.352.